The molecule has 1 amide bonds. The van der Waals surface area contributed by atoms with Gasteiger partial charge in [0.15, 0.2) is 0 Å². The summed E-state index contributed by atoms with van der Waals surface area (Å²) in [5.41, 5.74) is 7.34. The van der Waals surface area contributed by atoms with Gasteiger partial charge in [0.05, 0.1) is 13.2 Å². The molecule has 2 aromatic carbocycles. The van der Waals surface area contributed by atoms with Gasteiger partial charge in [0.2, 0.25) is 5.91 Å². The lowest BCUT2D eigenvalue weighted by Gasteiger charge is -2.37. The number of esters is 1. The van der Waals surface area contributed by atoms with Crippen molar-refractivity contribution in [3.8, 4) is 0 Å². The summed E-state index contributed by atoms with van der Waals surface area (Å²) in [6, 6.07) is 20.4. The summed E-state index contributed by atoms with van der Waals surface area (Å²) >= 11 is 0. The van der Waals surface area contributed by atoms with Crippen molar-refractivity contribution in [3.63, 3.8) is 0 Å². The molecule has 198 valence electrons. The van der Waals surface area contributed by atoms with E-state index in [2.05, 4.69) is 28.5 Å². The quantitative estimate of drug-likeness (QED) is 0.217. The second-order valence-electron chi connectivity index (χ2n) is 9.78. The number of carbonyl (C=O) groups is 2. The van der Waals surface area contributed by atoms with Gasteiger partial charge in [-0.15, -0.1) is 0 Å². The summed E-state index contributed by atoms with van der Waals surface area (Å²) in [4.78, 5) is 24.9. The van der Waals surface area contributed by atoms with Crippen LogP contribution in [0.5, 0.6) is 0 Å². The van der Waals surface area contributed by atoms with Crippen LogP contribution in [0.2, 0.25) is 0 Å². The molecule has 1 aliphatic rings. The number of benzene rings is 2. The minimum Gasteiger partial charge on any atom is -1.00 e. The SMILES string of the molecule is CCOC(=O)CCCC[n+]1ccn(C2CCC(C(C(N)=O)(c3ccccc3)c3ccccc3)C2)c1C.[Br-]. The Balaban J connectivity index is 0.00000380. The normalized spacial score (nSPS) is 17.2. The third kappa shape index (κ3) is 5.98. The molecule has 0 spiro atoms. The summed E-state index contributed by atoms with van der Waals surface area (Å²) in [5.74, 6) is 0.889. The largest absolute Gasteiger partial charge is 1.00 e. The van der Waals surface area contributed by atoms with Crippen LogP contribution in [-0.4, -0.2) is 23.1 Å². The number of carbonyl (C=O) groups excluding carboxylic acids is 2. The van der Waals surface area contributed by atoms with E-state index in [0.717, 1.165) is 49.8 Å². The number of aryl methyl sites for hydroxylation is 1. The smallest absolute Gasteiger partial charge is 0.305 e. The number of primary amides is 1. The number of halogens is 1. The van der Waals surface area contributed by atoms with Crippen molar-refractivity contribution in [3.05, 3.63) is 90.0 Å². The van der Waals surface area contributed by atoms with Gasteiger partial charge in [-0.3, -0.25) is 9.59 Å². The van der Waals surface area contributed by atoms with Gasteiger partial charge in [-0.1, -0.05) is 60.7 Å². The highest BCUT2D eigenvalue weighted by molar-refractivity contribution is 5.91. The standard InChI is InChI=1S/C30H37N3O3.BrH/c1-3-36-28(34)16-10-11-19-32-20-21-33(23(32)2)27-18-17-26(22-27)30(29(31)35,24-12-6-4-7-13-24)25-14-8-5-9-15-25;/h4-9,12-15,20-21,26-27H,3,10-11,16-19,22H2,1-2H3,(H-,31,35);1H. The topological polar surface area (TPSA) is 78.2 Å². The van der Waals surface area contributed by atoms with Crippen LogP contribution in [0.3, 0.4) is 0 Å². The number of ether oxygens (including phenoxy) is 1. The average molecular weight is 569 g/mol. The van der Waals surface area contributed by atoms with Crippen molar-refractivity contribution in [1.82, 2.24) is 4.57 Å². The summed E-state index contributed by atoms with van der Waals surface area (Å²) in [7, 11) is 0. The minimum absolute atomic E-state index is 0. The number of nitrogens with zero attached hydrogens (tertiary/aromatic N) is 2. The molecule has 3 aromatic rings. The van der Waals surface area contributed by atoms with Crippen LogP contribution in [0.25, 0.3) is 0 Å². The van der Waals surface area contributed by atoms with Gasteiger partial charge in [0.1, 0.15) is 23.9 Å². The van der Waals surface area contributed by atoms with Crippen LogP contribution >= 0.6 is 0 Å². The number of nitrogens with two attached hydrogens (primary N) is 1. The Morgan fingerprint density at radius 2 is 1.65 bits per heavy atom. The average Bonchev–Trinajstić information content (AvgIpc) is 3.51. The molecule has 0 bridgehead atoms. The van der Waals surface area contributed by atoms with Crippen molar-refractivity contribution in [2.75, 3.05) is 6.61 Å². The Labute approximate surface area is 230 Å². The first-order valence-corrected chi connectivity index (χ1v) is 13.1. The molecule has 0 aliphatic heterocycles. The zero-order valence-corrected chi connectivity index (χ0v) is 23.4. The zero-order chi connectivity index (χ0) is 25.5. The van der Waals surface area contributed by atoms with Gasteiger partial charge in [0.25, 0.3) is 5.82 Å². The van der Waals surface area contributed by atoms with Crippen LogP contribution < -0.4 is 27.3 Å². The van der Waals surface area contributed by atoms with Gasteiger partial charge in [-0.05, 0) is 56.1 Å². The van der Waals surface area contributed by atoms with E-state index in [1.165, 1.54) is 5.82 Å². The van der Waals surface area contributed by atoms with Crippen molar-refractivity contribution in [2.45, 2.75) is 70.4 Å². The molecular formula is C30H38BrN3O3. The first kappa shape index (κ1) is 28.6. The predicted octanol–water partition coefficient (Wildman–Crippen LogP) is 1.63. The molecule has 2 atom stereocenters. The van der Waals surface area contributed by atoms with Crippen LogP contribution in [0.4, 0.5) is 0 Å². The van der Waals surface area contributed by atoms with E-state index in [4.69, 9.17) is 10.5 Å². The number of unbranched alkanes of at least 4 members (excludes halogenated alkanes) is 1. The fourth-order valence-electron chi connectivity index (χ4n) is 6.05. The van der Waals surface area contributed by atoms with Crippen LogP contribution in [0.1, 0.15) is 68.4 Å². The van der Waals surface area contributed by atoms with Gasteiger partial charge >= 0.3 is 5.97 Å². The van der Waals surface area contributed by atoms with Gasteiger partial charge < -0.3 is 27.5 Å². The third-order valence-electron chi connectivity index (χ3n) is 7.79. The van der Waals surface area contributed by atoms with Gasteiger partial charge in [0, 0.05) is 13.3 Å². The first-order chi connectivity index (χ1) is 17.5. The highest BCUT2D eigenvalue weighted by Crippen LogP contribution is 2.49. The maximum Gasteiger partial charge on any atom is 0.305 e. The lowest BCUT2D eigenvalue weighted by Crippen LogP contribution is -3.00. The van der Waals surface area contributed by atoms with E-state index in [0.29, 0.717) is 19.1 Å². The van der Waals surface area contributed by atoms with Crippen LogP contribution in [0, 0.1) is 12.8 Å². The van der Waals surface area contributed by atoms with Gasteiger partial charge in [-0.2, -0.15) is 0 Å². The van der Waals surface area contributed by atoms with Crippen LogP contribution in [-0.2, 0) is 26.3 Å². The van der Waals surface area contributed by atoms with Gasteiger partial charge in [-0.25, -0.2) is 9.13 Å². The fourth-order valence-corrected chi connectivity index (χ4v) is 6.05. The Kier molecular flexibility index (Phi) is 10.1. The molecule has 1 aromatic heterocycles. The monoisotopic (exact) mass is 567 g/mol. The molecule has 0 saturated heterocycles. The van der Waals surface area contributed by atoms with Crippen LogP contribution in [0.15, 0.2) is 73.1 Å². The number of rotatable bonds is 11. The Morgan fingerprint density at radius 3 is 2.22 bits per heavy atom. The Morgan fingerprint density at radius 1 is 1.03 bits per heavy atom. The lowest BCUT2D eigenvalue weighted by atomic mass is 9.64. The molecule has 37 heavy (non-hydrogen) atoms. The molecule has 4 rings (SSSR count). The third-order valence-corrected chi connectivity index (χ3v) is 7.79. The molecule has 7 heteroatoms. The molecule has 0 radical (unpaired) electrons. The lowest BCUT2D eigenvalue weighted by molar-refractivity contribution is -0.703. The predicted molar refractivity (Wildman–Crippen MR) is 139 cm³/mol. The molecule has 1 saturated carbocycles. The maximum absolute atomic E-state index is 13.3. The second kappa shape index (κ2) is 13.0. The number of hydrogen-bond acceptors (Lipinski definition) is 3. The number of imidazole rings is 1. The summed E-state index contributed by atoms with van der Waals surface area (Å²) < 4.78 is 9.64. The first-order valence-electron chi connectivity index (χ1n) is 13.1. The molecule has 1 aliphatic carbocycles. The fraction of sp³-hybridized carbons (Fsp3) is 0.433. The highest BCUT2D eigenvalue weighted by atomic mass is 79.9. The summed E-state index contributed by atoms with van der Waals surface area (Å²) in [5, 5.41) is 0. The van der Waals surface area contributed by atoms with Crippen molar-refractivity contribution in [1.29, 1.82) is 0 Å². The molecule has 6 nitrogen and oxygen atoms in total. The van der Waals surface area contributed by atoms with E-state index < -0.39 is 5.41 Å². The molecular weight excluding hydrogens is 530 g/mol. The molecule has 2 N–H and O–H groups in total. The van der Waals surface area contributed by atoms with E-state index in [-0.39, 0.29) is 34.8 Å². The Bertz CT molecular complexity index is 1120. The van der Waals surface area contributed by atoms with E-state index >= 15 is 0 Å². The highest BCUT2D eigenvalue weighted by Gasteiger charge is 2.51. The molecule has 1 heterocycles. The van der Waals surface area contributed by atoms with E-state index in [1.807, 2.05) is 67.6 Å². The van der Waals surface area contributed by atoms with Crippen molar-refractivity contribution < 1.29 is 35.9 Å². The maximum atomic E-state index is 13.3. The van der Waals surface area contributed by atoms with Crippen molar-refractivity contribution in [2.24, 2.45) is 11.7 Å². The number of amides is 1. The number of hydrogen-bond donors (Lipinski definition) is 1. The van der Waals surface area contributed by atoms with E-state index in [9.17, 15) is 9.59 Å². The Hall–Kier alpha value is -2.93. The number of aromatic nitrogens is 2. The molecule has 2 unspecified atom stereocenters. The minimum atomic E-state index is -0.860. The summed E-state index contributed by atoms with van der Waals surface area (Å²) in [6.07, 6.45) is 9.29. The second-order valence-corrected chi connectivity index (χ2v) is 9.78. The summed E-state index contributed by atoms with van der Waals surface area (Å²) in [6.45, 7) is 5.28. The van der Waals surface area contributed by atoms with Crippen molar-refractivity contribution >= 4 is 11.9 Å². The van der Waals surface area contributed by atoms with E-state index in [1.54, 1.807) is 0 Å². The zero-order valence-electron chi connectivity index (χ0n) is 21.8. The molecule has 1 fully saturated rings.